The zero-order valence-corrected chi connectivity index (χ0v) is 15.3. The van der Waals surface area contributed by atoms with Crippen molar-refractivity contribution in [3.8, 4) is 17.0 Å². The number of ether oxygens (including phenoxy) is 1. The molecule has 0 saturated heterocycles. The van der Waals surface area contributed by atoms with Gasteiger partial charge in [0.2, 0.25) is 5.91 Å². The quantitative estimate of drug-likeness (QED) is 0.635. The third-order valence-corrected chi connectivity index (χ3v) is 4.29. The van der Waals surface area contributed by atoms with Crippen molar-refractivity contribution < 1.29 is 23.1 Å². The maximum Gasteiger partial charge on any atom is 0.258 e. The van der Waals surface area contributed by atoms with Gasteiger partial charge in [-0.3, -0.25) is 9.59 Å². The van der Waals surface area contributed by atoms with Gasteiger partial charge in [0.15, 0.2) is 11.7 Å². The Hall–Kier alpha value is -3.33. The smallest absolute Gasteiger partial charge is 0.258 e. The Labute approximate surface area is 163 Å². The second-order valence-corrected chi connectivity index (χ2v) is 6.42. The Balaban J connectivity index is 1.49. The van der Waals surface area contributed by atoms with Crippen LogP contribution in [0.4, 0.5) is 13.9 Å². The molecule has 28 heavy (non-hydrogen) atoms. The molecule has 1 aromatic heterocycles. The van der Waals surface area contributed by atoms with Crippen LogP contribution in [-0.4, -0.2) is 29.9 Å². The maximum absolute atomic E-state index is 13.8. The number of para-hydroxylation sites is 1. The molecule has 0 atom stereocenters. The molecule has 0 fully saturated rings. The van der Waals surface area contributed by atoms with E-state index in [-0.39, 0.29) is 29.5 Å². The molecule has 2 aromatic carbocycles. The molecular weight excluding hydrogens is 388 g/mol. The lowest BCUT2D eigenvalue weighted by atomic mass is 10.1. The third kappa shape index (κ3) is 5.10. The number of nitrogens with zero attached hydrogens (tertiary/aromatic N) is 1. The first-order chi connectivity index (χ1) is 13.5. The van der Waals surface area contributed by atoms with Gasteiger partial charge in [-0.2, -0.15) is 0 Å². The summed E-state index contributed by atoms with van der Waals surface area (Å²) in [6, 6.07) is 12.3. The van der Waals surface area contributed by atoms with E-state index in [0.29, 0.717) is 5.75 Å². The summed E-state index contributed by atoms with van der Waals surface area (Å²) in [5.74, 6) is -1.93. The molecule has 144 valence electrons. The van der Waals surface area contributed by atoms with Gasteiger partial charge in [0.05, 0.1) is 17.8 Å². The van der Waals surface area contributed by atoms with E-state index in [0.717, 1.165) is 23.5 Å². The first kappa shape index (κ1) is 19.4. The van der Waals surface area contributed by atoms with E-state index in [1.165, 1.54) is 11.4 Å². The van der Waals surface area contributed by atoms with E-state index in [1.807, 2.05) is 6.07 Å². The highest BCUT2D eigenvalue weighted by Gasteiger charge is 2.15. The summed E-state index contributed by atoms with van der Waals surface area (Å²) in [5, 5.41) is 6.48. The monoisotopic (exact) mass is 403 g/mol. The second-order valence-electron chi connectivity index (χ2n) is 5.56. The van der Waals surface area contributed by atoms with Crippen molar-refractivity contribution in [2.24, 2.45) is 0 Å². The van der Waals surface area contributed by atoms with Gasteiger partial charge >= 0.3 is 0 Å². The van der Waals surface area contributed by atoms with Gasteiger partial charge in [-0.05, 0) is 24.3 Å². The van der Waals surface area contributed by atoms with E-state index >= 15 is 0 Å². The van der Waals surface area contributed by atoms with Crippen LogP contribution < -0.4 is 15.4 Å². The topological polar surface area (TPSA) is 80.3 Å². The summed E-state index contributed by atoms with van der Waals surface area (Å²) in [5.41, 5.74) is -0.179. The van der Waals surface area contributed by atoms with Crippen LogP contribution in [0.15, 0.2) is 53.9 Å². The van der Waals surface area contributed by atoms with Gasteiger partial charge in [-0.1, -0.05) is 24.3 Å². The minimum Gasteiger partial charge on any atom is -0.484 e. The molecule has 0 saturated carbocycles. The predicted octanol–water partition coefficient (Wildman–Crippen LogP) is 3.22. The van der Waals surface area contributed by atoms with E-state index in [2.05, 4.69) is 15.6 Å². The Bertz CT molecular complexity index is 959. The fourth-order valence-corrected chi connectivity index (χ4v) is 2.97. The number of aromatic nitrogens is 1. The van der Waals surface area contributed by atoms with E-state index in [9.17, 15) is 18.4 Å². The third-order valence-electron chi connectivity index (χ3n) is 3.53. The predicted molar refractivity (Wildman–Crippen MR) is 101 cm³/mol. The molecule has 0 spiro atoms. The number of anilines is 1. The van der Waals surface area contributed by atoms with Crippen LogP contribution in [0, 0.1) is 11.6 Å². The minimum atomic E-state index is -0.742. The molecule has 2 N–H and O–H groups in total. The number of carbonyl (C=O) groups excluding carboxylic acids is 2. The number of carbonyl (C=O) groups is 2. The van der Waals surface area contributed by atoms with Crippen molar-refractivity contribution in [3.63, 3.8) is 0 Å². The fraction of sp³-hybridized carbons (Fsp3) is 0.105. The summed E-state index contributed by atoms with van der Waals surface area (Å²) in [6.07, 6.45) is 0. The number of thiazole rings is 1. The van der Waals surface area contributed by atoms with Crippen molar-refractivity contribution in [2.75, 3.05) is 18.5 Å². The van der Waals surface area contributed by atoms with E-state index in [4.69, 9.17) is 4.74 Å². The van der Waals surface area contributed by atoms with Crippen LogP contribution in [0.3, 0.4) is 0 Å². The minimum absolute atomic E-state index is 0.0798. The number of amides is 2. The standard InChI is InChI=1S/C19H15F2N3O3S/c20-13-7-4-8-14(21)18(13)15-11-28-19(23-15)24-16(25)9-22-17(26)10-27-12-5-2-1-3-6-12/h1-8,11H,9-10H2,(H,22,26)(H,23,24,25). The van der Waals surface area contributed by atoms with Gasteiger partial charge in [0, 0.05) is 5.38 Å². The summed E-state index contributed by atoms with van der Waals surface area (Å²) in [4.78, 5) is 27.7. The van der Waals surface area contributed by atoms with Crippen molar-refractivity contribution in [2.45, 2.75) is 0 Å². The summed E-state index contributed by atoms with van der Waals surface area (Å²) in [6.45, 7) is -0.523. The van der Waals surface area contributed by atoms with Crippen molar-refractivity contribution in [1.29, 1.82) is 0 Å². The van der Waals surface area contributed by atoms with Crippen LogP contribution in [0.25, 0.3) is 11.3 Å². The summed E-state index contributed by atoms with van der Waals surface area (Å²) < 4.78 is 32.8. The number of benzene rings is 2. The molecule has 0 aliphatic rings. The molecule has 0 unspecified atom stereocenters. The van der Waals surface area contributed by atoms with Crippen molar-refractivity contribution >= 4 is 28.3 Å². The maximum atomic E-state index is 13.8. The zero-order valence-electron chi connectivity index (χ0n) is 14.4. The van der Waals surface area contributed by atoms with Crippen LogP contribution in [0.2, 0.25) is 0 Å². The number of hydrogen-bond acceptors (Lipinski definition) is 5. The first-order valence-corrected chi connectivity index (χ1v) is 9.05. The Morgan fingerprint density at radius 3 is 2.43 bits per heavy atom. The van der Waals surface area contributed by atoms with Crippen LogP contribution >= 0.6 is 11.3 Å². The Morgan fingerprint density at radius 2 is 1.71 bits per heavy atom. The lowest BCUT2D eigenvalue weighted by Gasteiger charge is -2.07. The molecule has 0 bridgehead atoms. The highest BCUT2D eigenvalue weighted by molar-refractivity contribution is 7.14. The Kier molecular flexibility index (Phi) is 6.28. The normalized spacial score (nSPS) is 10.4. The van der Waals surface area contributed by atoms with Crippen LogP contribution in [0.5, 0.6) is 5.75 Å². The molecule has 1 heterocycles. The highest BCUT2D eigenvalue weighted by Crippen LogP contribution is 2.29. The lowest BCUT2D eigenvalue weighted by Crippen LogP contribution is -2.35. The fourth-order valence-electron chi connectivity index (χ4n) is 2.25. The molecule has 6 nitrogen and oxygen atoms in total. The van der Waals surface area contributed by atoms with Gasteiger partial charge in [0.1, 0.15) is 17.4 Å². The van der Waals surface area contributed by atoms with Crippen molar-refractivity contribution in [3.05, 3.63) is 65.5 Å². The summed E-state index contributed by atoms with van der Waals surface area (Å²) >= 11 is 1.02. The van der Waals surface area contributed by atoms with Gasteiger partial charge < -0.3 is 15.4 Å². The summed E-state index contributed by atoms with van der Waals surface area (Å²) in [7, 11) is 0. The SMILES string of the molecule is O=C(COc1ccccc1)NCC(=O)Nc1nc(-c2c(F)cccc2F)cs1. The molecule has 0 aliphatic carbocycles. The van der Waals surface area contributed by atoms with Crippen LogP contribution in [0.1, 0.15) is 0 Å². The second kappa shape index (κ2) is 9.05. The molecule has 3 rings (SSSR count). The molecule has 2 amide bonds. The lowest BCUT2D eigenvalue weighted by molar-refractivity contribution is -0.125. The van der Waals surface area contributed by atoms with Crippen LogP contribution in [-0.2, 0) is 9.59 Å². The number of halogens is 2. The number of hydrogen-bond donors (Lipinski definition) is 2. The van der Waals surface area contributed by atoms with Gasteiger partial charge in [0.25, 0.3) is 5.91 Å². The molecular formula is C19H15F2N3O3S. The van der Waals surface area contributed by atoms with E-state index in [1.54, 1.807) is 24.3 Å². The molecule has 0 radical (unpaired) electrons. The molecule has 3 aromatic rings. The molecule has 0 aliphatic heterocycles. The number of nitrogens with one attached hydrogen (secondary N) is 2. The van der Waals surface area contributed by atoms with Gasteiger partial charge in [-0.15, -0.1) is 11.3 Å². The zero-order chi connectivity index (χ0) is 19.9. The average Bonchev–Trinajstić information content (AvgIpc) is 3.13. The highest BCUT2D eigenvalue weighted by atomic mass is 32.1. The average molecular weight is 403 g/mol. The van der Waals surface area contributed by atoms with Crippen molar-refractivity contribution in [1.82, 2.24) is 10.3 Å². The van der Waals surface area contributed by atoms with E-state index < -0.39 is 23.4 Å². The first-order valence-electron chi connectivity index (χ1n) is 8.17. The largest absolute Gasteiger partial charge is 0.484 e. The molecule has 9 heteroatoms. The number of rotatable bonds is 7. The Morgan fingerprint density at radius 1 is 1.00 bits per heavy atom. The van der Waals surface area contributed by atoms with Gasteiger partial charge in [-0.25, -0.2) is 13.8 Å².